The molecule has 0 radical (unpaired) electrons. The Balaban J connectivity index is 1.92. The van der Waals surface area contributed by atoms with Crippen molar-refractivity contribution in [1.29, 1.82) is 5.26 Å². The maximum Gasteiger partial charge on any atom is 0.407 e. The van der Waals surface area contributed by atoms with Gasteiger partial charge in [-0.15, -0.1) is 0 Å². The summed E-state index contributed by atoms with van der Waals surface area (Å²) in [5.41, 5.74) is 1.14. The standard InChI is InChI=1S/C15H17N7O2/c1-10-8-21(3-4-22(10)15(23)24)14-11(5-16)6-17-13(19-14)12-7-18-20(2)9-12/h6-7,9-10H,3-4,8H2,1-2H3,(H,23,24)/t10-/m1/s1. The van der Waals surface area contributed by atoms with E-state index in [0.717, 1.165) is 5.56 Å². The highest BCUT2D eigenvalue weighted by Crippen LogP contribution is 2.24. The number of carbonyl (C=O) groups is 1. The molecule has 9 heteroatoms. The molecule has 0 spiro atoms. The third-order valence-electron chi connectivity index (χ3n) is 4.02. The van der Waals surface area contributed by atoms with E-state index in [1.807, 2.05) is 11.8 Å². The van der Waals surface area contributed by atoms with Gasteiger partial charge in [0.05, 0.1) is 18.0 Å². The summed E-state index contributed by atoms with van der Waals surface area (Å²) < 4.78 is 1.66. The smallest absolute Gasteiger partial charge is 0.407 e. The predicted octanol–water partition coefficient (Wildman–Crippen LogP) is 0.937. The first kappa shape index (κ1) is 15.7. The van der Waals surface area contributed by atoms with Crippen molar-refractivity contribution < 1.29 is 9.90 Å². The number of hydrogen-bond acceptors (Lipinski definition) is 6. The maximum atomic E-state index is 11.2. The van der Waals surface area contributed by atoms with Crippen LogP contribution in [0, 0.1) is 11.3 Å². The summed E-state index contributed by atoms with van der Waals surface area (Å²) in [6.45, 7) is 3.17. The zero-order valence-electron chi connectivity index (χ0n) is 13.4. The Morgan fingerprint density at radius 2 is 2.21 bits per heavy atom. The molecule has 1 aliphatic rings. The van der Waals surface area contributed by atoms with Crippen molar-refractivity contribution in [2.45, 2.75) is 13.0 Å². The van der Waals surface area contributed by atoms with E-state index >= 15 is 0 Å². The first-order chi connectivity index (χ1) is 11.5. The normalized spacial score (nSPS) is 17.6. The summed E-state index contributed by atoms with van der Waals surface area (Å²) in [5, 5.41) is 22.6. The number of carboxylic acid groups (broad SMARTS) is 1. The van der Waals surface area contributed by atoms with Crippen LogP contribution in [0.1, 0.15) is 12.5 Å². The summed E-state index contributed by atoms with van der Waals surface area (Å²) in [4.78, 5) is 23.3. The number of nitrogens with zero attached hydrogens (tertiary/aromatic N) is 7. The summed E-state index contributed by atoms with van der Waals surface area (Å²) in [6, 6.07) is 1.93. The van der Waals surface area contributed by atoms with Crippen LogP contribution in [0.5, 0.6) is 0 Å². The lowest BCUT2D eigenvalue weighted by molar-refractivity contribution is 0.122. The molecule has 0 aliphatic carbocycles. The van der Waals surface area contributed by atoms with Gasteiger partial charge in [0, 0.05) is 38.9 Å². The number of rotatable bonds is 2. The predicted molar refractivity (Wildman–Crippen MR) is 85.4 cm³/mol. The van der Waals surface area contributed by atoms with Gasteiger partial charge in [-0.1, -0.05) is 0 Å². The number of nitriles is 1. The molecule has 3 heterocycles. The first-order valence-corrected chi connectivity index (χ1v) is 7.50. The van der Waals surface area contributed by atoms with Crippen molar-refractivity contribution in [3.05, 3.63) is 24.2 Å². The van der Waals surface area contributed by atoms with Gasteiger partial charge in [0.1, 0.15) is 11.6 Å². The van der Waals surface area contributed by atoms with E-state index in [4.69, 9.17) is 0 Å². The molecule has 0 unspecified atom stereocenters. The third kappa shape index (κ3) is 2.86. The lowest BCUT2D eigenvalue weighted by atomic mass is 10.2. The van der Waals surface area contributed by atoms with Crippen LogP contribution in [0.2, 0.25) is 0 Å². The lowest BCUT2D eigenvalue weighted by Gasteiger charge is -2.39. The van der Waals surface area contributed by atoms with Crippen LogP contribution in [0.4, 0.5) is 10.6 Å². The van der Waals surface area contributed by atoms with Gasteiger partial charge in [0.2, 0.25) is 0 Å². The Morgan fingerprint density at radius 3 is 2.79 bits per heavy atom. The van der Waals surface area contributed by atoms with Crippen molar-refractivity contribution in [2.24, 2.45) is 7.05 Å². The van der Waals surface area contributed by atoms with Gasteiger partial charge in [0.15, 0.2) is 11.6 Å². The van der Waals surface area contributed by atoms with E-state index in [0.29, 0.717) is 36.8 Å². The highest BCUT2D eigenvalue weighted by molar-refractivity contribution is 5.66. The van der Waals surface area contributed by atoms with Crippen molar-refractivity contribution in [3.63, 3.8) is 0 Å². The van der Waals surface area contributed by atoms with Crippen molar-refractivity contribution in [1.82, 2.24) is 24.6 Å². The van der Waals surface area contributed by atoms with Gasteiger partial charge in [-0.25, -0.2) is 14.8 Å². The molecule has 0 aromatic carbocycles. The molecular formula is C15H17N7O2. The Bertz CT molecular complexity index is 810. The molecule has 1 fully saturated rings. The van der Waals surface area contributed by atoms with Gasteiger partial charge in [-0.2, -0.15) is 10.4 Å². The topological polar surface area (TPSA) is 111 Å². The van der Waals surface area contributed by atoms with E-state index in [1.165, 1.54) is 11.1 Å². The van der Waals surface area contributed by atoms with Gasteiger partial charge in [0.25, 0.3) is 0 Å². The second kappa shape index (κ2) is 6.16. The summed E-state index contributed by atoms with van der Waals surface area (Å²) >= 11 is 0. The van der Waals surface area contributed by atoms with E-state index in [2.05, 4.69) is 21.1 Å². The minimum atomic E-state index is -0.929. The number of aromatic nitrogens is 4. The lowest BCUT2D eigenvalue weighted by Crippen LogP contribution is -2.54. The monoisotopic (exact) mass is 327 g/mol. The molecule has 1 atom stereocenters. The quantitative estimate of drug-likeness (QED) is 0.873. The van der Waals surface area contributed by atoms with E-state index in [1.54, 1.807) is 24.1 Å². The second-order valence-electron chi connectivity index (χ2n) is 5.72. The molecule has 1 saturated heterocycles. The molecule has 24 heavy (non-hydrogen) atoms. The fourth-order valence-electron chi connectivity index (χ4n) is 2.80. The fourth-order valence-corrected chi connectivity index (χ4v) is 2.80. The van der Waals surface area contributed by atoms with Crippen molar-refractivity contribution >= 4 is 11.9 Å². The van der Waals surface area contributed by atoms with Gasteiger partial charge in [-0.3, -0.25) is 4.68 Å². The van der Waals surface area contributed by atoms with Crippen LogP contribution in [0.15, 0.2) is 18.6 Å². The number of piperazine rings is 1. The van der Waals surface area contributed by atoms with Crippen LogP contribution in [-0.2, 0) is 7.05 Å². The molecule has 2 aromatic heterocycles. The van der Waals surface area contributed by atoms with Crippen LogP contribution in [0.3, 0.4) is 0 Å². The van der Waals surface area contributed by atoms with Gasteiger partial charge in [-0.05, 0) is 6.92 Å². The zero-order valence-corrected chi connectivity index (χ0v) is 13.4. The number of hydrogen-bond donors (Lipinski definition) is 1. The molecule has 9 nitrogen and oxygen atoms in total. The zero-order chi connectivity index (χ0) is 17.3. The molecule has 3 rings (SSSR count). The fraction of sp³-hybridized carbons (Fsp3) is 0.400. The molecule has 1 aliphatic heterocycles. The molecule has 124 valence electrons. The Kier molecular flexibility index (Phi) is 4.04. The molecule has 2 aromatic rings. The van der Waals surface area contributed by atoms with Gasteiger partial charge >= 0.3 is 6.09 Å². The van der Waals surface area contributed by atoms with E-state index in [9.17, 15) is 15.2 Å². The SMILES string of the molecule is C[C@@H]1CN(c2nc(-c3cnn(C)c3)ncc2C#N)CCN1C(=O)O. The minimum absolute atomic E-state index is 0.181. The minimum Gasteiger partial charge on any atom is -0.465 e. The van der Waals surface area contributed by atoms with Crippen molar-refractivity contribution in [2.75, 3.05) is 24.5 Å². The van der Waals surface area contributed by atoms with E-state index < -0.39 is 6.09 Å². The summed E-state index contributed by atoms with van der Waals surface area (Å²) in [5.74, 6) is 1.02. The summed E-state index contributed by atoms with van der Waals surface area (Å²) in [7, 11) is 1.81. The maximum absolute atomic E-state index is 11.2. The van der Waals surface area contributed by atoms with Crippen LogP contribution in [0.25, 0.3) is 11.4 Å². The van der Waals surface area contributed by atoms with Crippen LogP contribution >= 0.6 is 0 Å². The summed E-state index contributed by atoms with van der Waals surface area (Å²) in [6.07, 6.45) is 4.03. The number of anilines is 1. The number of amides is 1. The molecular weight excluding hydrogens is 310 g/mol. The molecule has 1 amide bonds. The van der Waals surface area contributed by atoms with Gasteiger partial charge < -0.3 is 14.9 Å². The van der Waals surface area contributed by atoms with Crippen LogP contribution < -0.4 is 4.90 Å². The Hall–Kier alpha value is -3.15. The Morgan fingerprint density at radius 1 is 1.42 bits per heavy atom. The molecule has 0 saturated carbocycles. The highest BCUT2D eigenvalue weighted by Gasteiger charge is 2.29. The average molecular weight is 327 g/mol. The van der Waals surface area contributed by atoms with Crippen molar-refractivity contribution in [3.8, 4) is 17.5 Å². The largest absolute Gasteiger partial charge is 0.465 e. The molecule has 1 N–H and O–H groups in total. The van der Waals surface area contributed by atoms with E-state index in [-0.39, 0.29) is 6.04 Å². The second-order valence-corrected chi connectivity index (χ2v) is 5.72. The average Bonchev–Trinajstić information content (AvgIpc) is 3.00. The molecule has 0 bridgehead atoms. The first-order valence-electron chi connectivity index (χ1n) is 7.50. The highest BCUT2D eigenvalue weighted by atomic mass is 16.4. The number of aryl methyl sites for hydroxylation is 1. The third-order valence-corrected chi connectivity index (χ3v) is 4.02. The Labute approximate surface area is 138 Å². The van der Waals surface area contributed by atoms with Crippen LogP contribution in [-0.4, -0.2) is 61.5 Å².